The monoisotopic (exact) mass is 438 g/mol. The Bertz CT molecular complexity index is 484. The molecule has 0 bridgehead atoms. The van der Waals surface area contributed by atoms with Crippen LogP contribution in [0.2, 0.25) is 0 Å². The molecule has 5 nitrogen and oxygen atoms in total. The van der Waals surface area contributed by atoms with Crippen molar-refractivity contribution in [3.63, 3.8) is 0 Å². The Balaban J connectivity index is 0.00000242. The van der Waals surface area contributed by atoms with Crippen LogP contribution in [0.15, 0.2) is 4.99 Å². The number of nitrogens with one attached hydrogen (secondary N) is 2. The first-order chi connectivity index (χ1) is 10.1. The van der Waals surface area contributed by atoms with Crippen molar-refractivity contribution in [2.45, 2.75) is 52.1 Å². The third-order valence-corrected chi connectivity index (χ3v) is 4.60. The van der Waals surface area contributed by atoms with E-state index in [4.69, 9.17) is 9.72 Å². The lowest BCUT2D eigenvalue weighted by molar-refractivity contribution is 0.0822. The Morgan fingerprint density at radius 2 is 2.09 bits per heavy atom. The molecular weight excluding hydrogens is 411 g/mol. The van der Waals surface area contributed by atoms with Crippen LogP contribution < -0.4 is 10.6 Å². The number of aryl methyl sites for hydroxylation is 1. The van der Waals surface area contributed by atoms with E-state index in [1.54, 1.807) is 18.4 Å². The average molecular weight is 438 g/mol. The normalized spacial score (nSPS) is 16.5. The molecule has 0 spiro atoms. The number of ether oxygens (including phenoxy) is 1. The van der Waals surface area contributed by atoms with Gasteiger partial charge in [0.2, 0.25) is 0 Å². The lowest BCUT2D eigenvalue weighted by Crippen LogP contribution is -2.45. The predicted molar refractivity (Wildman–Crippen MR) is 104 cm³/mol. The number of rotatable bonds is 4. The molecule has 1 saturated heterocycles. The number of aromatic nitrogens is 1. The Morgan fingerprint density at radius 1 is 1.41 bits per heavy atom. The largest absolute Gasteiger partial charge is 0.381 e. The van der Waals surface area contributed by atoms with E-state index in [0.717, 1.165) is 43.6 Å². The molecular formula is C15H27IN4OS. The molecule has 2 heterocycles. The Labute approximate surface area is 154 Å². The van der Waals surface area contributed by atoms with Crippen molar-refractivity contribution >= 4 is 41.3 Å². The van der Waals surface area contributed by atoms with E-state index in [2.05, 4.69) is 36.4 Å². The van der Waals surface area contributed by atoms with Gasteiger partial charge in [-0.2, -0.15) is 0 Å². The number of hydrogen-bond acceptors (Lipinski definition) is 4. The number of nitrogens with zero attached hydrogens (tertiary/aromatic N) is 2. The molecule has 126 valence electrons. The second-order valence-corrected chi connectivity index (χ2v) is 6.95. The SMILES string of the molecule is CN=C(NCc1nc(C(C)C)c(C)s1)NC1CCOCC1.I. The van der Waals surface area contributed by atoms with Gasteiger partial charge in [-0.05, 0) is 25.7 Å². The summed E-state index contributed by atoms with van der Waals surface area (Å²) < 4.78 is 5.37. The average Bonchev–Trinajstić information content (AvgIpc) is 2.86. The van der Waals surface area contributed by atoms with Gasteiger partial charge in [0.25, 0.3) is 0 Å². The fraction of sp³-hybridized carbons (Fsp3) is 0.733. The third-order valence-electron chi connectivity index (χ3n) is 3.62. The van der Waals surface area contributed by atoms with E-state index >= 15 is 0 Å². The van der Waals surface area contributed by atoms with Gasteiger partial charge in [-0.3, -0.25) is 4.99 Å². The van der Waals surface area contributed by atoms with Crippen molar-refractivity contribution < 1.29 is 4.74 Å². The second-order valence-electron chi connectivity index (χ2n) is 5.66. The molecule has 7 heteroatoms. The molecule has 0 radical (unpaired) electrons. The first kappa shape index (κ1) is 19.6. The van der Waals surface area contributed by atoms with Crippen LogP contribution in [0.5, 0.6) is 0 Å². The van der Waals surface area contributed by atoms with Gasteiger partial charge in [0.1, 0.15) is 5.01 Å². The lowest BCUT2D eigenvalue weighted by Gasteiger charge is -2.24. The predicted octanol–water partition coefficient (Wildman–Crippen LogP) is 3.04. The highest BCUT2D eigenvalue weighted by Crippen LogP contribution is 2.23. The van der Waals surface area contributed by atoms with Crippen molar-refractivity contribution in [1.82, 2.24) is 15.6 Å². The van der Waals surface area contributed by atoms with Crippen LogP contribution in [-0.4, -0.2) is 37.2 Å². The van der Waals surface area contributed by atoms with Gasteiger partial charge < -0.3 is 15.4 Å². The fourth-order valence-electron chi connectivity index (χ4n) is 2.47. The number of aliphatic imine (C=N–C) groups is 1. The molecule has 0 atom stereocenters. The maximum Gasteiger partial charge on any atom is 0.191 e. The quantitative estimate of drug-likeness (QED) is 0.431. The van der Waals surface area contributed by atoms with Crippen LogP contribution in [0, 0.1) is 6.92 Å². The Hall–Kier alpha value is -0.410. The van der Waals surface area contributed by atoms with Crippen molar-refractivity contribution in [3.05, 3.63) is 15.6 Å². The topological polar surface area (TPSA) is 58.5 Å². The molecule has 0 amide bonds. The van der Waals surface area contributed by atoms with E-state index in [9.17, 15) is 0 Å². The minimum Gasteiger partial charge on any atom is -0.381 e. The summed E-state index contributed by atoms with van der Waals surface area (Å²) in [6, 6.07) is 0.453. The standard InChI is InChI=1S/C15H26N4OS.HI/c1-10(2)14-11(3)21-13(19-14)9-17-15(16-4)18-12-5-7-20-8-6-12;/h10,12H,5-9H2,1-4H3,(H2,16,17,18);1H. The van der Waals surface area contributed by atoms with Crippen LogP contribution in [0.1, 0.15) is 48.2 Å². The zero-order chi connectivity index (χ0) is 15.2. The van der Waals surface area contributed by atoms with Crippen LogP contribution in [0.3, 0.4) is 0 Å². The molecule has 0 unspecified atom stereocenters. The van der Waals surface area contributed by atoms with Crippen LogP contribution >= 0.6 is 35.3 Å². The minimum atomic E-state index is 0. The summed E-state index contributed by atoms with van der Waals surface area (Å²) in [6.07, 6.45) is 2.07. The maximum atomic E-state index is 5.37. The Kier molecular flexibility index (Phi) is 8.63. The third kappa shape index (κ3) is 5.66. The molecule has 0 saturated carbocycles. The zero-order valence-corrected chi connectivity index (χ0v) is 17.0. The summed E-state index contributed by atoms with van der Waals surface area (Å²) in [5.41, 5.74) is 1.21. The Morgan fingerprint density at radius 3 is 2.64 bits per heavy atom. The first-order valence-electron chi connectivity index (χ1n) is 7.61. The number of guanidine groups is 1. The molecule has 2 rings (SSSR count). The minimum absolute atomic E-state index is 0. The van der Waals surface area contributed by atoms with Gasteiger partial charge in [0.05, 0.1) is 12.2 Å². The summed E-state index contributed by atoms with van der Waals surface area (Å²) >= 11 is 1.76. The van der Waals surface area contributed by atoms with Gasteiger partial charge in [-0.15, -0.1) is 35.3 Å². The molecule has 2 N–H and O–H groups in total. The smallest absolute Gasteiger partial charge is 0.191 e. The zero-order valence-electron chi connectivity index (χ0n) is 13.8. The van der Waals surface area contributed by atoms with E-state index < -0.39 is 0 Å². The summed E-state index contributed by atoms with van der Waals surface area (Å²) in [7, 11) is 1.81. The second kappa shape index (κ2) is 9.67. The van der Waals surface area contributed by atoms with E-state index in [-0.39, 0.29) is 24.0 Å². The first-order valence-corrected chi connectivity index (χ1v) is 8.43. The summed E-state index contributed by atoms with van der Waals surface area (Å²) in [6.45, 7) is 8.90. The van der Waals surface area contributed by atoms with Gasteiger partial charge in [0, 0.05) is 31.2 Å². The maximum absolute atomic E-state index is 5.37. The van der Waals surface area contributed by atoms with Gasteiger partial charge >= 0.3 is 0 Å². The van der Waals surface area contributed by atoms with Gasteiger partial charge in [-0.1, -0.05) is 13.8 Å². The summed E-state index contributed by atoms with van der Waals surface area (Å²) in [4.78, 5) is 10.3. The molecule has 1 aliphatic heterocycles. The van der Waals surface area contributed by atoms with Crippen molar-refractivity contribution in [3.8, 4) is 0 Å². The molecule has 1 fully saturated rings. The van der Waals surface area contributed by atoms with Gasteiger partial charge in [0.15, 0.2) is 5.96 Å². The molecule has 22 heavy (non-hydrogen) atoms. The van der Waals surface area contributed by atoms with E-state index in [1.807, 2.05) is 0 Å². The van der Waals surface area contributed by atoms with Crippen molar-refractivity contribution in [1.29, 1.82) is 0 Å². The van der Waals surface area contributed by atoms with Crippen LogP contribution in [-0.2, 0) is 11.3 Å². The molecule has 1 aromatic rings. The van der Waals surface area contributed by atoms with E-state index in [0.29, 0.717) is 12.0 Å². The highest BCUT2D eigenvalue weighted by atomic mass is 127. The fourth-order valence-corrected chi connectivity index (χ4v) is 3.49. The molecule has 0 aliphatic carbocycles. The molecule has 0 aromatic carbocycles. The number of halogens is 1. The number of thiazole rings is 1. The number of hydrogen-bond donors (Lipinski definition) is 2. The van der Waals surface area contributed by atoms with Crippen molar-refractivity contribution in [2.75, 3.05) is 20.3 Å². The van der Waals surface area contributed by atoms with E-state index in [1.165, 1.54) is 10.6 Å². The lowest BCUT2D eigenvalue weighted by atomic mass is 10.1. The molecule has 1 aliphatic rings. The summed E-state index contributed by atoms with van der Waals surface area (Å²) in [5.74, 6) is 1.33. The van der Waals surface area contributed by atoms with Crippen LogP contribution in [0.25, 0.3) is 0 Å². The highest BCUT2D eigenvalue weighted by molar-refractivity contribution is 14.0. The summed E-state index contributed by atoms with van der Waals surface area (Å²) in [5, 5.41) is 7.93. The highest BCUT2D eigenvalue weighted by Gasteiger charge is 2.15. The van der Waals surface area contributed by atoms with Gasteiger partial charge in [-0.25, -0.2) is 4.98 Å². The van der Waals surface area contributed by atoms with Crippen molar-refractivity contribution in [2.24, 2.45) is 4.99 Å². The van der Waals surface area contributed by atoms with Crippen LogP contribution in [0.4, 0.5) is 0 Å². The molecule has 1 aromatic heterocycles.